The van der Waals surface area contributed by atoms with Gasteiger partial charge >= 0.3 is 0 Å². The maximum Gasteiger partial charge on any atom is 0.293 e. The van der Waals surface area contributed by atoms with Gasteiger partial charge in [-0.3, -0.25) is 19.8 Å². The summed E-state index contributed by atoms with van der Waals surface area (Å²) in [4.78, 5) is 31.1. The first-order valence-electron chi connectivity index (χ1n) is 7.57. The summed E-state index contributed by atoms with van der Waals surface area (Å²) in [5.41, 5.74) is 0.0922. The van der Waals surface area contributed by atoms with Crippen LogP contribution in [0.4, 0.5) is 11.4 Å². The lowest BCUT2D eigenvalue weighted by atomic mass is 10.1. The minimum atomic E-state index is -0.522. The minimum Gasteiger partial charge on any atom is -0.468 e. The van der Waals surface area contributed by atoms with Gasteiger partial charge in [0, 0.05) is 12.6 Å². The molecule has 1 unspecified atom stereocenters. The summed E-state index contributed by atoms with van der Waals surface area (Å²) in [5.74, 6) is 0.746. The number of benzene rings is 1. The summed E-state index contributed by atoms with van der Waals surface area (Å²) in [6.45, 7) is 0.385. The number of nitro groups is 1. The molecule has 3 rings (SSSR count). The number of hydrogen-bond donors (Lipinski definition) is 2. The van der Waals surface area contributed by atoms with Crippen molar-refractivity contribution in [2.45, 2.75) is 6.04 Å². The van der Waals surface area contributed by atoms with Crippen LogP contribution in [0.2, 0.25) is 0 Å². The summed E-state index contributed by atoms with van der Waals surface area (Å²) in [7, 11) is 3.79. The first-order chi connectivity index (χ1) is 12.0. The van der Waals surface area contributed by atoms with Crippen LogP contribution in [0.15, 0.2) is 46.1 Å². The van der Waals surface area contributed by atoms with Gasteiger partial charge < -0.3 is 14.7 Å². The Morgan fingerprint density at radius 2 is 2.24 bits per heavy atom. The third-order valence-electron chi connectivity index (χ3n) is 3.94. The number of nitrogens with one attached hydrogen (secondary N) is 2. The molecule has 0 radical (unpaired) electrons. The van der Waals surface area contributed by atoms with Crippen LogP contribution in [-0.4, -0.2) is 40.4 Å². The number of furan rings is 1. The SMILES string of the molecule is CN(C)C(CNc1cc2nc[nH]c(=O)c2cc1[N+](=O)[O-])c1ccco1. The fourth-order valence-electron chi connectivity index (χ4n) is 2.62. The van der Waals surface area contributed by atoms with Gasteiger partial charge in [-0.1, -0.05) is 0 Å². The second kappa shape index (κ2) is 6.73. The Bertz CT molecular complexity index is 949. The van der Waals surface area contributed by atoms with Crippen molar-refractivity contribution >= 4 is 22.3 Å². The van der Waals surface area contributed by atoms with E-state index in [2.05, 4.69) is 15.3 Å². The van der Waals surface area contributed by atoms with Crippen LogP contribution < -0.4 is 10.9 Å². The number of aromatic amines is 1. The fourth-order valence-corrected chi connectivity index (χ4v) is 2.62. The molecule has 0 aliphatic carbocycles. The molecular weight excluding hydrogens is 326 g/mol. The highest BCUT2D eigenvalue weighted by molar-refractivity contribution is 5.86. The smallest absolute Gasteiger partial charge is 0.293 e. The average molecular weight is 343 g/mol. The van der Waals surface area contributed by atoms with Gasteiger partial charge in [0.2, 0.25) is 0 Å². The van der Waals surface area contributed by atoms with Crippen LogP contribution in [0.3, 0.4) is 0 Å². The Morgan fingerprint density at radius 3 is 2.88 bits per heavy atom. The predicted octanol–water partition coefficient (Wildman–Crippen LogP) is 2.14. The molecule has 0 saturated heterocycles. The van der Waals surface area contributed by atoms with E-state index in [-0.39, 0.29) is 17.1 Å². The van der Waals surface area contributed by atoms with E-state index in [9.17, 15) is 14.9 Å². The number of nitrogens with zero attached hydrogens (tertiary/aromatic N) is 3. The van der Waals surface area contributed by atoms with E-state index in [4.69, 9.17) is 4.42 Å². The highest BCUT2D eigenvalue weighted by Crippen LogP contribution is 2.29. The second-order valence-corrected chi connectivity index (χ2v) is 5.75. The van der Waals surface area contributed by atoms with Gasteiger partial charge in [0.15, 0.2) is 0 Å². The first-order valence-corrected chi connectivity index (χ1v) is 7.57. The Morgan fingerprint density at radius 1 is 1.44 bits per heavy atom. The normalized spacial score (nSPS) is 12.4. The summed E-state index contributed by atoms with van der Waals surface area (Å²) in [6, 6.07) is 6.28. The van der Waals surface area contributed by atoms with Crippen molar-refractivity contribution in [3.63, 3.8) is 0 Å². The van der Waals surface area contributed by atoms with E-state index in [0.717, 1.165) is 5.76 Å². The third kappa shape index (κ3) is 3.36. The monoisotopic (exact) mass is 343 g/mol. The van der Waals surface area contributed by atoms with Gasteiger partial charge in [-0.05, 0) is 32.3 Å². The van der Waals surface area contributed by atoms with Crippen LogP contribution in [0.25, 0.3) is 10.9 Å². The number of aromatic nitrogens is 2. The Labute approximate surface area is 142 Å². The lowest BCUT2D eigenvalue weighted by molar-refractivity contribution is -0.383. The average Bonchev–Trinajstić information content (AvgIpc) is 3.08. The standard InChI is InChI=1S/C16H17N5O4/c1-20(2)14(15-4-3-5-25-15)8-17-12-7-11-10(6-13(12)21(23)24)16(22)19-9-18-11/h3-7,9,14,17H,8H2,1-2H3,(H,18,19,22). The topological polar surface area (TPSA) is 117 Å². The van der Waals surface area contributed by atoms with E-state index in [1.54, 1.807) is 12.3 Å². The van der Waals surface area contributed by atoms with Crippen LogP contribution >= 0.6 is 0 Å². The van der Waals surface area contributed by atoms with Gasteiger partial charge in [0.05, 0.1) is 34.5 Å². The van der Waals surface area contributed by atoms with Crippen molar-refractivity contribution in [2.24, 2.45) is 0 Å². The maximum absolute atomic E-state index is 11.8. The molecule has 0 aliphatic heterocycles. The molecule has 3 aromatic rings. The summed E-state index contributed by atoms with van der Waals surface area (Å²) in [5, 5.41) is 14.6. The van der Waals surface area contributed by atoms with Crippen LogP contribution in [-0.2, 0) is 0 Å². The van der Waals surface area contributed by atoms with Crippen LogP contribution in [0, 0.1) is 10.1 Å². The molecule has 0 saturated carbocycles. The molecule has 2 aromatic heterocycles. The Hall–Kier alpha value is -3.20. The number of H-pyrrole nitrogens is 1. The lowest BCUT2D eigenvalue weighted by Crippen LogP contribution is -2.26. The van der Waals surface area contributed by atoms with Crippen molar-refractivity contribution in [1.82, 2.24) is 14.9 Å². The van der Waals surface area contributed by atoms with Crippen molar-refractivity contribution in [3.05, 3.63) is 63.1 Å². The number of likely N-dealkylation sites (N-methyl/N-ethyl adjacent to an activating group) is 1. The molecule has 9 heteroatoms. The van der Waals surface area contributed by atoms with Crippen molar-refractivity contribution < 1.29 is 9.34 Å². The van der Waals surface area contributed by atoms with E-state index in [0.29, 0.717) is 17.7 Å². The highest BCUT2D eigenvalue weighted by atomic mass is 16.6. The van der Waals surface area contributed by atoms with Crippen molar-refractivity contribution in [2.75, 3.05) is 26.0 Å². The molecule has 2 N–H and O–H groups in total. The zero-order valence-electron chi connectivity index (χ0n) is 13.7. The van der Waals surface area contributed by atoms with E-state index in [1.807, 2.05) is 25.1 Å². The highest BCUT2D eigenvalue weighted by Gasteiger charge is 2.21. The number of fused-ring (bicyclic) bond motifs is 1. The molecule has 0 aliphatic rings. The van der Waals surface area contributed by atoms with E-state index >= 15 is 0 Å². The van der Waals surface area contributed by atoms with Gasteiger partial charge in [-0.2, -0.15) is 0 Å². The molecule has 0 fully saturated rings. The molecule has 2 heterocycles. The molecule has 1 atom stereocenters. The van der Waals surface area contributed by atoms with E-state index < -0.39 is 10.5 Å². The van der Waals surface area contributed by atoms with Gasteiger partial charge in [-0.25, -0.2) is 4.98 Å². The third-order valence-corrected chi connectivity index (χ3v) is 3.94. The van der Waals surface area contributed by atoms with Crippen molar-refractivity contribution in [1.29, 1.82) is 0 Å². The summed E-state index contributed by atoms with van der Waals surface area (Å²) < 4.78 is 5.44. The fraction of sp³-hybridized carbons (Fsp3) is 0.250. The first kappa shape index (κ1) is 16.7. The zero-order chi connectivity index (χ0) is 18.0. The van der Waals surface area contributed by atoms with Gasteiger partial charge in [0.1, 0.15) is 11.4 Å². The summed E-state index contributed by atoms with van der Waals surface area (Å²) >= 11 is 0. The largest absolute Gasteiger partial charge is 0.468 e. The van der Waals surface area contributed by atoms with Gasteiger partial charge in [-0.15, -0.1) is 0 Å². The predicted molar refractivity (Wildman–Crippen MR) is 92.6 cm³/mol. The molecule has 9 nitrogen and oxygen atoms in total. The maximum atomic E-state index is 11.8. The number of rotatable bonds is 6. The minimum absolute atomic E-state index is 0.113. The molecule has 0 amide bonds. The van der Waals surface area contributed by atoms with Crippen molar-refractivity contribution in [3.8, 4) is 0 Å². The molecule has 0 bridgehead atoms. The van der Waals surface area contributed by atoms with Crippen LogP contribution in [0.5, 0.6) is 0 Å². The number of anilines is 1. The zero-order valence-corrected chi connectivity index (χ0v) is 13.7. The van der Waals surface area contributed by atoms with Crippen LogP contribution in [0.1, 0.15) is 11.8 Å². The number of hydrogen-bond acceptors (Lipinski definition) is 7. The van der Waals surface area contributed by atoms with E-state index in [1.165, 1.54) is 18.5 Å². The molecule has 130 valence electrons. The summed E-state index contributed by atoms with van der Waals surface area (Å²) in [6.07, 6.45) is 2.85. The second-order valence-electron chi connectivity index (χ2n) is 5.75. The van der Waals surface area contributed by atoms with Gasteiger partial charge in [0.25, 0.3) is 11.2 Å². The Kier molecular flexibility index (Phi) is 4.48. The molecular formula is C16H17N5O4. The molecule has 0 spiro atoms. The molecule has 1 aromatic carbocycles. The molecule has 25 heavy (non-hydrogen) atoms. The Balaban J connectivity index is 1.96. The lowest BCUT2D eigenvalue weighted by Gasteiger charge is -2.23. The quantitative estimate of drug-likeness (QED) is 0.520. The number of nitro benzene ring substituents is 1.